The van der Waals surface area contributed by atoms with Gasteiger partial charge in [-0.25, -0.2) is 0 Å². The van der Waals surface area contributed by atoms with Crippen molar-refractivity contribution in [1.29, 1.82) is 0 Å². The molecule has 3 fully saturated rings. The molecule has 124 valence electrons. The average Bonchev–Trinajstić information content (AvgIpc) is 2.81. The number of fused-ring (bicyclic) bond motifs is 2. The molecule has 4 aliphatic carbocycles. The van der Waals surface area contributed by atoms with Crippen LogP contribution in [0, 0.1) is 55.7 Å². The summed E-state index contributed by atoms with van der Waals surface area (Å²) in [7, 11) is 0. The van der Waals surface area contributed by atoms with E-state index in [1.807, 2.05) is 0 Å². The van der Waals surface area contributed by atoms with Gasteiger partial charge in [0.1, 0.15) is 0 Å². The quantitative estimate of drug-likeness (QED) is 0.470. The third kappa shape index (κ3) is 1.65. The summed E-state index contributed by atoms with van der Waals surface area (Å²) in [5, 5.41) is 22.0. The Labute approximate surface area is 137 Å². The van der Waals surface area contributed by atoms with Crippen molar-refractivity contribution < 1.29 is 14.6 Å². The van der Waals surface area contributed by atoms with Crippen LogP contribution < -0.4 is 0 Å². The van der Waals surface area contributed by atoms with E-state index in [9.17, 15) is 20.2 Å². The average molecular weight is 328 g/mol. The maximum absolute atomic E-state index is 11.2. The van der Waals surface area contributed by atoms with Gasteiger partial charge >= 0.3 is 0 Å². The lowest BCUT2D eigenvalue weighted by Gasteiger charge is -2.60. The highest BCUT2D eigenvalue weighted by Gasteiger charge is 2.72. The van der Waals surface area contributed by atoms with Gasteiger partial charge in [0, 0.05) is 6.07 Å². The predicted molar refractivity (Wildman–Crippen MR) is 83.0 cm³/mol. The number of non-ortho nitro benzene ring substituents is 1. The van der Waals surface area contributed by atoms with E-state index in [-0.39, 0.29) is 24.1 Å². The van der Waals surface area contributed by atoms with E-state index in [4.69, 9.17) is 4.74 Å². The number of ether oxygens (including phenoxy) is 1. The highest BCUT2D eigenvalue weighted by molar-refractivity contribution is 5.48. The Hall–Kier alpha value is -2.28. The fourth-order valence-corrected chi connectivity index (χ4v) is 5.71. The highest BCUT2D eigenvalue weighted by atomic mass is 16.6. The Morgan fingerprint density at radius 2 is 1.83 bits per heavy atom. The fraction of sp³-hybridized carbons (Fsp3) is 0.529. The molecule has 7 heteroatoms. The minimum absolute atomic E-state index is 0.140. The van der Waals surface area contributed by atoms with Crippen molar-refractivity contribution in [2.45, 2.75) is 19.1 Å². The summed E-state index contributed by atoms with van der Waals surface area (Å²) in [5.74, 6) is 4.28. The zero-order chi connectivity index (χ0) is 16.6. The lowest BCUT2D eigenvalue weighted by molar-refractivity contribution is -0.394. The molecular weight excluding hydrogens is 312 g/mol. The van der Waals surface area contributed by atoms with Gasteiger partial charge in [-0.2, -0.15) is 0 Å². The number of nitrogens with zero attached hydrogens (tertiary/aromatic N) is 2. The first-order chi connectivity index (χ1) is 11.6. The molecular formula is C17H16N2O5. The molecule has 0 radical (unpaired) electrons. The Morgan fingerprint density at radius 3 is 2.58 bits per heavy atom. The van der Waals surface area contributed by atoms with Crippen LogP contribution in [-0.2, 0) is 11.3 Å². The minimum Gasteiger partial charge on any atom is -0.373 e. The molecule has 0 aliphatic heterocycles. The van der Waals surface area contributed by atoms with Gasteiger partial charge in [0.15, 0.2) is 0 Å². The number of allylic oxidation sites excluding steroid dienone is 2. The molecule has 0 amide bonds. The lowest BCUT2D eigenvalue weighted by atomic mass is 9.44. The van der Waals surface area contributed by atoms with Crippen LogP contribution >= 0.6 is 0 Å². The monoisotopic (exact) mass is 328 g/mol. The molecule has 4 aliphatic rings. The van der Waals surface area contributed by atoms with Crippen LogP contribution in [0.4, 0.5) is 11.4 Å². The van der Waals surface area contributed by atoms with E-state index in [0.717, 1.165) is 36.2 Å². The molecule has 1 aromatic rings. The van der Waals surface area contributed by atoms with Crippen LogP contribution in [0.15, 0.2) is 30.4 Å². The SMILES string of the molecule is O=[N+]([O-])c1ccc(CO[C@@H]2CC3C4C=CC5C4C3C52)c([N+](=O)[O-])c1. The van der Waals surface area contributed by atoms with E-state index in [1.165, 1.54) is 12.1 Å². The van der Waals surface area contributed by atoms with Crippen LogP contribution in [0.25, 0.3) is 0 Å². The number of benzene rings is 1. The Morgan fingerprint density at radius 1 is 1.04 bits per heavy atom. The zero-order valence-corrected chi connectivity index (χ0v) is 12.8. The summed E-state index contributed by atoms with van der Waals surface area (Å²) in [5.41, 5.74) is -0.104. The standard InChI is InChI=1S/C17H16N2O5/c20-18(21)9-2-1-8(13(5-9)19(22)23)7-24-14-6-12-10-3-4-11-15(10)17(12)16(11)14/h1-5,10-12,14-17H,6-7H2/t10?,11?,12?,14-,15?,16?,17?/m1/s1. The molecule has 0 bridgehead atoms. The van der Waals surface area contributed by atoms with Gasteiger partial charge in [0.25, 0.3) is 11.4 Å². The summed E-state index contributed by atoms with van der Waals surface area (Å²) >= 11 is 0. The second-order valence-electron chi connectivity index (χ2n) is 7.35. The third-order valence-electron chi connectivity index (χ3n) is 6.63. The first-order valence-corrected chi connectivity index (χ1v) is 8.28. The van der Waals surface area contributed by atoms with Crippen LogP contribution in [0.1, 0.15) is 12.0 Å². The van der Waals surface area contributed by atoms with Crippen LogP contribution in [0.3, 0.4) is 0 Å². The van der Waals surface area contributed by atoms with Crippen molar-refractivity contribution in [3.05, 3.63) is 56.1 Å². The summed E-state index contributed by atoms with van der Waals surface area (Å²) in [4.78, 5) is 20.8. The van der Waals surface area contributed by atoms with Crippen molar-refractivity contribution in [2.24, 2.45) is 35.5 Å². The molecule has 7 atom stereocenters. The van der Waals surface area contributed by atoms with E-state index < -0.39 is 9.85 Å². The molecule has 3 saturated carbocycles. The van der Waals surface area contributed by atoms with E-state index in [2.05, 4.69) is 12.2 Å². The third-order valence-corrected chi connectivity index (χ3v) is 6.63. The minimum atomic E-state index is -0.621. The largest absolute Gasteiger partial charge is 0.373 e. The van der Waals surface area contributed by atoms with Crippen molar-refractivity contribution in [1.82, 2.24) is 0 Å². The van der Waals surface area contributed by atoms with Gasteiger partial charge in [-0.05, 0) is 48.0 Å². The Balaban J connectivity index is 1.33. The Kier molecular flexibility index (Phi) is 2.72. The van der Waals surface area contributed by atoms with Crippen LogP contribution in [-0.4, -0.2) is 16.0 Å². The topological polar surface area (TPSA) is 95.5 Å². The summed E-state index contributed by atoms with van der Waals surface area (Å²) in [6, 6.07) is 3.75. The molecule has 0 spiro atoms. The van der Waals surface area contributed by atoms with Gasteiger partial charge < -0.3 is 4.74 Å². The molecule has 1 aromatic carbocycles. The smallest absolute Gasteiger partial charge is 0.281 e. The lowest BCUT2D eigenvalue weighted by Crippen LogP contribution is -2.57. The molecule has 0 aromatic heterocycles. The summed E-state index contributed by atoms with van der Waals surface area (Å²) < 4.78 is 6.06. The van der Waals surface area contributed by atoms with Crippen LogP contribution in [0.5, 0.6) is 0 Å². The first-order valence-electron chi connectivity index (χ1n) is 8.28. The van der Waals surface area contributed by atoms with Gasteiger partial charge in [-0.15, -0.1) is 0 Å². The van der Waals surface area contributed by atoms with Gasteiger partial charge in [-0.3, -0.25) is 20.2 Å². The summed E-state index contributed by atoms with van der Waals surface area (Å²) in [6.45, 7) is 0.140. The van der Waals surface area contributed by atoms with Crippen LogP contribution in [0.2, 0.25) is 0 Å². The number of hydrogen-bond acceptors (Lipinski definition) is 5. The maximum Gasteiger partial charge on any atom is 0.281 e. The predicted octanol–water partition coefficient (Wildman–Crippen LogP) is 3.09. The normalized spacial score (nSPS) is 39.9. The zero-order valence-electron chi connectivity index (χ0n) is 12.8. The van der Waals surface area contributed by atoms with Gasteiger partial charge in [0.2, 0.25) is 0 Å². The van der Waals surface area contributed by atoms with Crippen molar-refractivity contribution in [3.63, 3.8) is 0 Å². The molecule has 0 heterocycles. The maximum atomic E-state index is 11.2. The molecule has 7 nitrogen and oxygen atoms in total. The highest BCUT2D eigenvalue weighted by Crippen LogP contribution is 2.75. The second kappa shape index (κ2) is 4.63. The number of nitro groups is 2. The van der Waals surface area contributed by atoms with Crippen molar-refractivity contribution in [2.75, 3.05) is 0 Å². The van der Waals surface area contributed by atoms with E-state index in [1.54, 1.807) is 0 Å². The van der Waals surface area contributed by atoms with E-state index >= 15 is 0 Å². The molecule has 5 rings (SSSR count). The molecule has 0 saturated heterocycles. The first kappa shape index (κ1) is 14.1. The second-order valence-corrected chi connectivity index (χ2v) is 7.35. The molecule has 6 unspecified atom stereocenters. The van der Waals surface area contributed by atoms with Gasteiger partial charge in [-0.1, -0.05) is 12.2 Å². The Bertz CT molecular complexity index is 791. The van der Waals surface area contributed by atoms with E-state index in [0.29, 0.717) is 17.4 Å². The van der Waals surface area contributed by atoms with Crippen molar-refractivity contribution >= 4 is 11.4 Å². The fourth-order valence-electron chi connectivity index (χ4n) is 5.71. The van der Waals surface area contributed by atoms with Gasteiger partial charge in [0.05, 0.1) is 34.2 Å². The van der Waals surface area contributed by atoms with Crippen molar-refractivity contribution in [3.8, 4) is 0 Å². The number of nitro benzene ring substituents is 2. The molecule has 0 N–H and O–H groups in total. The molecule has 24 heavy (non-hydrogen) atoms. The number of rotatable bonds is 5. The summed E-state index contributed by atoms with van der Waals surface area (Å²) in [6.07, 6.45) is 5.90. The number of hydrogen-bond donors (Lipinski definition) is 0.